The summed E-state index contributed by atoms with van der Waals surface area (Å²) in [5.74, 6) is 0. The zero-order chi connectivity index (χ0) is 5.11. The second-order valence-electron chi connectivity index (χ2n) is 1.41. The molecule has 0 aromatic heterocycles. The molecule has 0 saturated carbocycles. The van der Waals surface area contributed by atoms with Crippen LogP contribution >= 0.6 is 48.0 Å². The Morgan fingerprint density at radius 2 is 1.33 bits per heavy atom. The summed E-state index contributed by atoms with van der Waals surface area (Å²) in [6, 6.07) is 9.49. The standard InChI is InChI=1S/C6H5B.2HI/c7-6-4-2-1-3-5-6;;/h1-5H;2*1H. The van der Waals surface area contributed by atoms with Gasteiger partial charge in [0.05, 0.1) is 0 Å². The van der Waals surface area contributed by atoms with Gasteiger partial charge in [0.2, 0.25) is 0 Å². The van der Waals surface area contributed by atoms with Crippen molar-refractivity contribution in [3.05, 3.63) is 30.3 Å². The second-order valence-corrected chi connectivity index (χ2v) is 1.41. The quantitative estimate of drug-likeness (QED) is 0.497. The molecule has 0 amide bonds. The van der Waals surface area contributed by atoms with E-state index < -0.39 is 0 Å². The van der Waals surface area contributed by atoms with Crippen LogP contribution in [0.1, 0.15) is 0 Å². The fourth-order valence-corrected chi connectivity index (χ4v) is 0.453. The molecule has 1 rings (SSSR count). The van der Waals surface area contributed by atoms with Gasteiger partial charge in [-0.2, -0.15) is 0 Å². The van der Waals surface area contributed by atoms with Crippen LogP contribution in [0.2, 0.25) is 0 Å². The summed E-state index contributed by atoms with van der Waals surface area (Å²) in [6.07, 6.45) is 0. The SMILES string of the molecule is I.I.[B]c1ccccc1. The lowest BCUT2D eigenvalue weighted by Gasteiger charge is -1.83. The highest BCUT2D eigenvalue weighted by Crippen LogP contribution is 1.76. The number of rotatable bonds is 0. The first-order valence-electron chi connectivity index (χ1n) is 2.20. The third kappa shape index (κ3) is 5.20. The Morgan fingerprint density at radius 3 is 1.56 bits per heavy atom. The molecular weight excluding hydrogens is 337 g/mol. The van der Waals surface area contributed by atoms with Gasteiger partial charge in [-0.25, -0.2) is 0 Å². The molecule has 0 saturated heterocycles. The van der Waals surface area contributed by atoms with Gasteiger partial charge >= 0.3 is 0 Å². The third-order valence-corrected chi connectivity index (χ3v) is 0.800. The minimum atomic E-state index is 0. The van der Waals surface area contributed by atoms with E-state index in [2.05, 4.69) is 0 Å². The normalized spacial score (nSPS) is 6.67. The van der Waals surface area contributed by atoms with Crippen molar-refractivity contribution in [3.8, 4) is 0 Å². The first kappa shape index (κ1) is 12.4. The molecule has 3 heteroatoms. The molecule has 0 nitrogen and oxygen atoms in total. The molecule has 0 heterocycles. The van der Waals surface area contributed by atoms with Crippen LogP contribution in [0.3, 0.4) is 0 Å². The van der Waals surface area contributed by atoms with Crippen molar-refractivity contribution < 1.29 is 0 Å². The summed E-state index contributed by atoms with van der Waals surface area (Å²) in [7, 11) is 5.36. The minimum absolute atomic E-state index is 0. The predicted molar refractivity (Wildman–Crippen MR) is 62.7 cm³/mol. The Hall–Kier alpha value is 0.745. The van der Waals surface area contributed by atoms with E-state index in [1.54, 1.807) is 0 Å². The third-order valence-electron chi connectivity index (χ3n) is 0.800. The van der Waals surface area contributed by atoms with Crippen LogP contribution in [0, 0.1) is 0 Å². The van der Waals surface area contributed by atoms with Crippen LogP contribution in [0.15, 0.2) is 30.3 Å². The molecule has 9 heavy (non-hydrogen) atoms. The summed E-state index contributed by atoms with van der Waals surface area (Å²) < 4.78 is 0. The summed E-state index contributed by atoms with van der Waals surface area (Å²) in [4.78, 5) is 0. The highest BCUT2D eigenvalue weighted by atomic mass is 127. The van der Waals surface area contributed by atoms with E-state index in [9.17, 15) is 0 Å². The second kappa shape index (κ2) is 6.86. The summed E-state index contributed by atoms with van der Waals surface area (Å²) in [5, 5.41) is 0. The lowest BCUT2D eigenvalue weighted by Crippen LogP contribution is -1.97. The number of benzene rings is 1. The molecule has 0 unspecified atom stereocenters. The van der Waals surface area contributed by atoms with E-state index in [1.165, 1.54) is 0 Å². The molecule has 0 aliphatic rings. The lowest BCUT2D eigenvalue weighted by atomic mass is 9.97. The van der Waals surface area contributed by atoms with Crippen LogP contribution in [0.4, 0.5) is 0 Å². The fraction of sp³-hybridized carbons (Fsp3) is 0. The van der Waals surface area contributed by atoms with E-state index in [-0.39, 0.29) is 48.0 Å². The average Bonchev–Trinajstić information content (AvgIpc) is 1.69. The van der Waals surface area contributed by atoms with Crippen molar-refractivity contribution in [3.63, 3.8) is 0 Å². The molecule has 0 bridgehead atoms. The Morgan fingerprint density at radius 1 is 0.889 bits per heavy atom. The smallest absolute Gasteiger partial charge is 0.107 e. The fourth-order valence-electron chi connectivity index (χ4n) is 0.453. The molecular formula is C6H7BI2. The van der Waals surface area contributed by atoms with E-state index in [0.717, 1.165) is 5.46 Å². The van der Waals surface area contributed by atoms with Crippen LogP contribution in [0.5, 0.6) is 0 Å². The average molecular weight is 344 g/mol. The Bertz CT molecular complexity index is 141. The van der Waals surface area contributed by atoms with E-state index in [1.807, 2.05) is 30.3 Å². The maximum absolute atomic E-state index is 5.36. The van der Waals surface area contributed by atoms with Gasteiger partial charge in [-0.1, -0.05) is 35.8 Å². The molecule has 2 radical (unpaired) electrons. The van der Waals surface area contributed by atoms with E-state index >= 15 is 0 Å². The molecule has 0 aliphatic carbocycles. The lowest BCUT2D eigenvalue weighted by molar-refractivity contribution is 1.78. The Labute approximate surface area is 90.9 Å². The van der Waals surface area contributed by atoms with Crippen molar-refractivity contribution in [1.82, 2.24) is 0 Å². The molecule has 0 spiro atoms. The zero-order valence-corrected chi connectivity index (χ0v) is 9.44. The highest BCUT2D eigenvalue weighted by molar-refractivity contribution is 14.0. The molecule has 1 aromatic carbocycles. The molecule has 0 atom stereocenters. The van der Waals surface area contributed by atoms with Crippen LogP contribution in [-0.2, 0) is 0 Å². The monoisotopic (exact) mass is 344 g/mol. The molecule has 48 valence electrons. The van der Waals surface area contributed by atoms with Gasteiger partial charge in [-0.15, -0.1) is 48.0 Å². The maximum Gasteiger partial charge on any atom is 0.113 e. The minimum Gasteiger partial charge on any atom is -0.107 e. The van der Waals surface area contributed by atoms with Crippen molar-refractivity contribution >= 4 is 61.3 Å². The van der Waals surface area contributed by atoms with Gasteiger partial charge in [0, 0.05) is 0 Å². The molecule has 0 aliphatic heterocycles. The van der Waals surface area contributed by atoms with Crippen LogP contribution in [-0.4, -0.2) is 7.85 Å². The summed E-state index contributed by atoms with van der Waals surface area (Å²) >= 11 is 0. The van der Waals surface area contributed by atoms with E-state index in [4.69, 9.17) is 7.85 Å². The largest absolute Gasteiger partial charge is 0.113 e. The van der Waals surface area contributed by atoms with Gasteiger partial charge in [-0.05, 0) is 0 Å². The summed E-state index contributed by atoms with van der Waals surface area (Å²) in [6.45, 7) is 0. The van der Waals surface area contributed by atoms with Gasteiger partial charge < -0.3 is 0 Å². The zero-order valence-electron chi connectivity index (χ0n) is 4.78. The molecule has 0 N–H and O–H groups in total. The first-order chi connectivity index (χ1) is 3.39. The number of hydrogen-bond acceptors (Lipinski definition) is 0. The van der Waals surface area contributed by atoms with Crippen molar-refractivity contribution in [1.29, 1.82) is 0 Å². The van der Waals surface area contributed by atoms with Crippen molar-refractivity contribution in [2.45, 2.75) is 0 Å². The van der Waals surface area contributed by atoms with Crippen molar-refractivity contribution in [2.75, 3.05) is 0 Å². The Balaban J connectivity index is 0. The number of hydrogen-bond donors (Lipinski definition) is 0. The topological polar surface area (TPSA) is 0 Å². The predicted octanol–water partition coefficient (Wildman–Crippen LogP) is 1.72. The Kier molecular flexibility index (Phi) is 9.47. The van der Waals surface area contributed by atoms with Crippen molar-refractivity contribution in [2.24, 2.45) is 0 Å². The van der Waals surface area contributed by atoms with Gasteiger partial charge in [0.15, 0.2) is 0 Å². The van der Waals surface area contributed by atoms with Gasteiger partial charge in [-0.3, -0.25) is 0 Å². The number of halogens is 2. The molecule has 1 aromatic rings. The summed E-state index contributed by atoms with van der Waals surface area (Å²) in [5.41, 5.74) is 0.822. The highest BCUT2D eigenvalue weighted by Gasteiger charge is 1.71. The van der Waals surface area contributed by atoms with Gasteiger partial charge in [0.1, 0.15) is 7.85 Å². The van der Waals surface area contributed by atoms with Crippen LogP contribution in [0.25, 0.3) is 0 Å². The first-order valence-corrected chi connectivity index (χ1v) is 2.20. The molecule has 0 fully saturated rings. The van der Waals surface area contributed by atoms with Gasteiger partial charge in [0.25, 0.3) is 0 Å². The maximum atomic E-state index is 5.36. The van der Waals surface area contributed by atoms with Crippen LogP contribution < -0.4 is 5.46 Å². The van der Waals surface area contributed by atoms with E-state index in [0.29, 0.717) is 0 Å².